The Morgan fingerprint density at radius 3 is 3.00 bits per heavy atom. The SMILES string of the molecule is CC(Sc1nnnn1C1CC1)c1nc2ccccc2s1. The van der Waals surface area contributed by atoms with Crippen molar-refractivity contribution >= 4 is 33.3 Å². The molecule has 20 heavy (non-hydrogen) atoms. The summed E-state index contributed by atoms with van der Waals surface area (Å²) in [4.78, 5) is 4.70. The first kappa shape index (κ1) is 12.3. The van der Waals surface area contributed by atoms with Crippen LogP contribution < -0.4 is 0 Å². The van der Waals surface area contributed by atoms with Crippen LogP contribution in [-0.4, -0.2) is 25.2 Å². The Morgan fingerprint density at radius 1 is 1.35 bits per heavy atom. The van der Waals surface area contributed by atoms with Gasteiger partial charge in [0.1, 0.15) is 5.01 Å². The number of benzene rings is 1. The standard InChI is InChI=1S/C13H13N5S2/c1-8(12-14-10-4-2-3-5-11(10)20-12)19-13-15-16-17-18(13)9-6-7-9/h2-5,8-9H,6-7H2,1H3. The minimum Gasteiger partial charge on any atom is -0.240 e. The lowest BCUT2D eigenvalue weighted by molar-refractivity contribution is 0.565. The lowest BCUT2D eigenvalue weighted by Gasteiger charge is -2.07. The largest absolute Gasteiger partial charge is 0.240 e. The van der Waals surface area contributed by atoms with E-state index in [1.54, 1.807) is 23.1 Å². The number of hydrogen-bond donors (Lipinski definition) is 0. The van der Waals surface area contributed by atoms with Crippen molar-refractivity contribution in [3.05, 3.63) is 29.3 Å². The van der Waals surface area contributed by atoms with Crippen LogP contribution in [0.15, 0.2) is 29.4 Å². The molecule has 7 heteroatoms. The minimum atomic E-state index is 0.260. The van der Waals surface area contributed by atoms with Crippen LogP contribution in [0.25, 0.3) is 10.2 Å². The Hall–Kier alpha value is -1.47. The van der Waals surface area contributed by atoms with Crippen molar-refractivity contribution < 1.29 is 0 Å². The number of para-hydroxylation sites is 1. The fourth-order valence-electron chi connectivity index (χ4n) is 2.08. The summed E-state index contributed by atoms with van der Waals surface area (Å²) in [6.45, 7) is 2.16. The first-order chi connectivity index (χ1) is 9.81. The van der Waals surface area contributed by atoms with Gasteiger partial charge >= 0.3 is 0 Å². The highest BCUT2D eigenvalue weighted by atomic mass is 32.2. The fraction of sp³-hybridized carbons (Fsp3) is 0.385. The molecule has 102 valence electrons. The van der Waals surface area contributed by atoms with E-state index in [4.69, 9.17) is 4.98 Å². The molecule has 1 unspecified atom stereocenters. The van der Waals surface area contributed by atoms with Crippen molar-refractivity contribution in [2.75, 3.05) is 0 Å². The van der Waals surface area contributed by atoms with Crippen molar-refractivity contribution in [2.24, 2.45) is 0 Å². The molecule has 0 N–H and O–H groups in total. The van der Waals surface area contributed by atoms with Gasteiger partial charge in [-0.2, -0.15) is 0 Å². The number of thiazole rings is 1. The summed E-state index contributed by atoms with van der Waals surface area (Å²) < 4.78 is 3.19. The highest BCUT2D eigenvalue weighted by Gasteiger charge is 2.29. The molecule has 1 aromatic carbocycles. The van der Waals surface area contributed by atoms with Crippen molar-refractivity contribution in [2.45, 2.75) is 36.2 Å². The number of tetrazole rings is 1. The van der Waals surface area contributed by atoms with E-state index in [-0.39, 0.29) is 5.25 Å². The summed E-state index contributed by atoms with van der Waals surface area (Å²) in [6.07, 6.45) is 2.38. The molecule has 0 radical (unpaired) electrons. The van der Waals surface area contributed by atoms with E-state index in [1.807, 2.05) is 10.7 Å². The molecule has 1 fully saturated rings. The van der Waals surface area contributed by atoms with Crippen LogP contribution in [0.5, 0.6) is 0 Å². The Bertz CT molecular complexity index is 713. The second-order valence-corrected chi connectivity index (χ2v) is 7.29. The molecule has 0 spiro atoms. The van der Waals surface area contributed by atoms with Crippen molar-refractivity contribution in [1.29, 1.82) is 0 Å². The smallest absolute Gasteiger partial charge is 0.210 e. The summed E-state index contributed by atoms with van der Waals surface area (Å²) in [5, 5.41) is 14.3. The second-order valence-electron chi connectivity index (χ2n) is 4.92. The summed E-state index contributed by atoms with van der Waals surface area (Å²) in [6, 6.07) is 8.76. The number of rotatable bonds is 4. The minimum absolute atomic E-state index is 0.260. The summed E-state index contributed by atoms with van der Waals surface area (Å²) >= 11 is 3.44. The number of thioether (sulfide) groups is 1. The molecule has 1 aliphatic rings. The molecular formula is C13H13N5S2. The average molecular weight is 303 g/mol. The van der Waals surface area contributed by atoms with Gasteiger partial charge in [-0.25, -0.2) is 9.67 Å². The van der Waals surface area contributed by atoms with E-state index >= 15 is 0 Å². The van der Waals surface area contributed by atoms with Crippen molar-refractivity contribution in [1.82, 2.24) is 25.2 Å². The van der Waals surface area contributed by atoms with E-state index in [0.717, 1.165) is 15.7 Å². The molecule has 0 amide bonds. The normalized spacial score (nSPS) is 16.6. The van der Waals surface area contributed by atoms with Crippen LogP contribution in [0.2, 0.25) is 0 Å². The third-order valence-electron chi connectivity index (χ3n) is 3.30. The fourth-order valence-corrected chi connectivity index (χ4v) is 4.12. The van der Waals surface area contributed by atoms with Crippen LogP contribution in [0.3, 0.4) is 0 Å². The molecule has 1 saturated carbocycles. The second kappa shape index (κ2) is 4.82. The topological polar surface area (TPSA) is 56.5 Å². The summed E-state index contributed by atoms with van der Waals surface area (Å²) in [5.74, 6) is 0. The first-order valence-corrected chi connectivity index (χ1v) is 8.31. The quantitative estimate of drug-likeness (QED) is 0.691. The third-order valence-corrected chi connectivity index (χ3v) is 5.72. The highest BCUT2D eigenvalue weighted by Crippen LogP contribution is 2.41. The molecular weight excluding hydrogens is 290 g/mol. The van der Waals surface area contributed by atoms with Gasteiger partial charge in [-0.05, 0) is 42.3 Å². The van der Waals surface area contributed by atoms with E-state index in [9.17, 15) is 0 Å². The van der Waals surface area contributed by atoms with Gasteiger partial charge in [0.25, 0.3) is 0 Å². The van der Waals surface area contributed by atoms with Gasteiger partial charge < -0.3 is 0 Å². The van der Waals surface area contributed by atoms with Crippen molar-refractivity contribution in [3.8, 4) is 0 Å². The predicted octanol–water partition coefficient (Wildman–Crippen LogP) is 3.47. The molecule has 0 saturated heterocycles. The lowest BCUT2D eigenvalue weighted by atomic mass is 10.3. The van der Waals surface area contributed by atoms with E-state index in [0.29, 0.717) is 6.04 Å². The maximum absolute atomic E-state index is 4.70. The maximum atomic E-state index is 4.70. The summed E-state index contributed by atoms with van der Waals surface area (Å²) in [5.41, 5.74) is 1.07. The Morgan fingerprint density at radius 2 is 2.20 bits per heavy atom. The third kappa shape index (κ3) is 2.20. The molecule has 3 aromatic rings. The Kier molecular flexibility index (Phi) is 2.96. The zero-order valence-corrected chi connectivity index (χ0v) is 12.6. The molecule has 2 aromatic heterocycles. The van der Waals surface area contributed by atoms with Gasteiger partial charge in [0.05, 0.1) is 21.5 Å². The van der Waals surface area contributed by atoms with Crippen LogP contribution in [-0.2, 0) is 0 Å². The van der Waals surface area contributed by atoms with E-state index in [2.05, 4.69) is 40.6 Å². The van der Waals surface area contributed by atoms with E-state index < -0.39 is 0 Å². The molecule has 1 atom stereocenters. The van der Waals surface area contributed by atoms with Gasteiger partial charge in [0.15, 0.2) is 0 Å². The van der Waals surface area contributed by atoms with Gasteiger partial charge in [-0.1, -0.05) is 23.9 Å². The average Bonchev–Trinajstić information content (AvgIpc) is 3.04. The number of aromatic nitrogens is 5. The molecule has 5 nitrogen and oxygen atoms in total. The van der Waals surface area contributed by atoms with Crippen LogP contribution in [0.1, 0.15) is 36.1 Å². The molecule has 4 rings (SSSR count). The molecule has 2 heterocycles. The molecule has 1 aliphatic carbocycles. The molecule has 0 aliphatic heterocycles. The van der Waals surface area contributed by atoms with Gasteiger partial charge in [-0.15, -0.1) is 16.4 Å². The van der Waals surface area contributed by atoms with Crippen LogP contribution in [0, 0.1) is 0 Å². The predicted molar refractivity (Wildman–Crippen MR) is 80.0 cm³/mol. The summed E-state index contributed by atoms with van der Waals surface area (Å²) in [7, 11) is 0. The number of nitrogens with zero attached hydrogens (tertiary/aromatic N) is 5. The number of hydrogen-bond acceptors (Lipinski definition) is 6. The first-order valence-electron chi connectivity index (χ1n) is 6.61. The Labute approximate surface area is 124 Å². The van der Waals surface area contributed by atoms with Crippen LogP contribution >= 0.6 is 23.1 Å². The van der Waals surface area contributed by atoms with E-state index in [1.165, 1.54) is 17.5 Å². The maximum Gasteiger partial charge on any atom is 0.210 e. The van der Waals surface area contributed by atoms with Gasteiger partial charge in [0, 0.05) is 0 Å². The van der Waals surface area contributed by atoms with Gasteiger partial charge in [0.2, 0.25) is 5.16 Å². The Balaban J connectivity index is 1.60. The lowest BCUT2D eigenvalue weighted by Crippen LogP contribution is -2.00. The van der Waals surface area contributed by atoms with Crippen LogP contribution in [0.4, 0.5) is 0 Å². The highest BCUT2D eigenvalue weighted by molar-refractivity contribution is 7.99. The van der Waals surface area contributed by atoms with Crippen molar-refractivity contribution in [3.63, 3.8) is 0 Å². The zero-order chi connectivity index (χ0) is 13.5. The molecule has 0 bridgehead atoms. The zero-order valence-electron chi connectivity index (χ0n) is 10.9. The monoisotopic (exact) mass is 303 g/mol. The van der Waals surface area contributed by atoms with Gasteiger partial charge in [-0.3, -0.25) is 0 Å². The number of fused-ring (bicyclic) bond motifs is 1.